The summed E-state index contributed by atoms with van der Waals surface area (Å²) in [7, 11) is 4.04. The summed E-state index contributed by atoms with van der Waals surface area (Å²) in [6, 6.07) is 11.5. The van der Waals surface area contributed by atoms with Crippen LogP contribution in [0.4, 0.5) is 0 Å². The van der Waals surface area contributed by atoms with Gasteiger partial charge in [-0.3, -0.25) is 9.59 Å². The smallest absolute Gasteiger partial charge is 0.253 e. The summed E-state index contributed by atoms with van der Waals surface area (Å²) in [5.41, 5.74) is 1.95. The van der Waals surface area contributed by atoms with Gasteiger partial charge in [-0.25, -0.2) is 0 Å². The van der Waals surface area contributed by atoms with Crippen LogP contribution in [0.1, 0.15) is 40.3 Å². The Morgan fingerprint density at radius 3 is 2.48 bits per heavy atom. The van der Waals surface area contributed by atoms with Crippen molar-refractivity contribution in [3.63, 3.8) is 0 Å². The Morgan fingerprint density at radius 2 is 1.79 bits per heavy atom. The van der Waals surface area contributed by atoms with E-state index in [0.29, 0.717) is 25.2 Å². The maximum atomic E-state index is 13.1. The second-order valence-corrected chi connectivity index (χ2v) is 8.34. The predicted molar refractivity (Wildman–Crippen MR) is 110 cm³/mol. The van der Waals surface area contributed by atoms with Gasteiger partial charge in [-0.15, -0.1) is 0 Å². The van der Waals surface area contributed by atoms with E-state index in [1.165, 1.54) is 5.56 Å². The topological polar surface area (TPSA) is 57.0 Å². The van der Waals surface area contributed by atoms with E-state index in [4.69, 9.17) is 4.42 Å². The van der Waals surface area contributed by atoms with E-state index >= 15 is 0 Å². The summed E-state index contributed by atoms with van der Waals surface area (Å²) in [6.07, 6.45) is 2.30. The van der Waals surface area contributed by atoms with Gasteiger partial charge in [0.1, 0.15) is 11.5 Å². The van der Waals surface area contributed by atoms with Gasteiger partial charge in [0.05, 0.1) is 13.1 Å². The number of piperidine rings is 1. The molecule has 2 aliphatic rings. The fraction of sp³-hybridized carbons (Fsp3) is 0.478. The molecular formula is C23H29N3O3. The predicted octanol–water partition coefficient (Wildman–Crippen LogP) is 2.78. The molecule has 1 fully saturated rings. The maximum absolute atomic E-state index is 13.1. The Hall–Kier alpha value is -2.60. The van der Waals surface area contributed by atoms with Crippen molar-refractivity contribution in [3.05, 3.63) is 59.0 Å². The average molecular weight is 396 g/mol. The van der Waals surface area contributed by atoms with Crippen molar-refractivity contribution >= 4 is 11.8 Å². The molecule has 1 aromatic heterocycles. The number of fused-ring (bicyclic) bond motifs is 1. The number of amides is 2. The molecule has 0 saturated carbocycles. The Kier molecular flexibility index (Phi) is 5.72. The van der Waals surface area contributed by atoms with E-state index in [9.17, 15) is 9.59 Å². The number of hydrogen-bond donors (Lipinski definition) is 0. The molecule has 2 aliphatic heterocycles. The Bertz CT molecular complexity index is 867. The van der Waals surface area contributed by atoms with Crippen molar-refractivity contribution in [1.82, 2.24) is 14.7 Å². The minimum Gasteiger partial charge on any atom is -0.463 e. The van der Waals surface area contributed by atoms with Crippen molar-refractivity contribution < 1.29 is 14.0 Å². The summed E-state index contributed by atoms with van der Waals surface area (Å²) in [5, 5.41) is 0. The largest absolute Gasteiger partial charge is 0.463 e. The number of nitrogens with zero attached hydrogens (tertiary/aromatic N) is 3. The van der Waals surface area contributed by atoms with E-state index in [1.807, 2.05) is 54.2 Å². The van der Waals surface area contributed by atoms with Gasteiger partial charge in [-0.1, -0.05) is 18.2 Å². The molecule has 0 radical (unpaired) electrons. The monoisotopic (exact) mass is 395 g/mol. The van der Waals surface area contributed by atoms with Crippen LogP contribution in [0.15, 0.2) is 40.8 Å². The highest BCUT2D eigenvalue weighted by Gasteiger charge is 2.32. The van der Waals surface area contributed by atoms with E-state index < -0.39 is 0 Å². The first-order valence-corrected chi connectivity index (χ1v) is 10.4. The lowest BCUT2D eigenvalue weighted by atomic mass is 9.93. The molecule has 29 heavy (non-hydrogen) atoms. The molecule has 2 amide bonds. The Balaban J connectivity index is 1.33. The van der Waals surface area contributed by atoms with E-state index in [1.54, 1.807) is 0 Å². The molecule has 0 unspecified atom stereocenters. The lowest BCUT2D eigenvalue weighted by molar-refractivity contribution is -0.138. The molecule has 0 aliphatic carbocycles. The SMILES string of the molecule is CN(C)Cc1cc2c(o1)CN(C(=O)C1CCN(C(=O)c3ccccc3)CC1)CC2. The molecule has 6 heteroatoms. The number of carbonyl (C=O) groups is 2. The van der Waals surface area contributed by atoms with Crippen molar-refractivity contribution in [1.29, 1.82) is 0 Å². The fourth-order valence-corrected chi connectivity index (χ4v) is 4.31. The van der Waals surface area contributed by atoms with Gasteiger partial charge in [-0.05, 0) is 57.1 Å². The summed E-state index contributed by atoms with van der Waals surface area (Å²) in [4.78, 5) is 31.6. The number of hydrogen-bond acceptors (Lipinski definition) is 4. The summed E-state index contributed by atoms with van der Waals surface area (Å²) >= 11 is 0. The maximum Gasteiger partial charge on any atom is 0.253 e. The van der Waals surface area contributed by atoms with Crippen LogP contribution < -0.4 is 0 Å². The highest BCUT2D eigenvalue weighted by molar-refractivity contribution is 5.94. The molecule has 154 valence electrons. The van der Waals surface area contributed by atoms with Crippen LogP contribution in [0.3, 0.4) is 0 Å². The van der Waals surface area contributed by atoms with Crippen LogP contribution in [-0.4, -0.2) is 60.2 Å². The second-order valence-electron chi connectivity index (χ2n) is 8.34. The second kappa shape index (κ2) is 8.41. The average Bonchev–Trinajstić information content (AvgIpc) is 3.14. The minimum atomic E-state index is -0.00687. The van der Waals surface area contributed by atoms with Gasteiger partial charge in [0, 0.05) is 31.1 Å². The standard InChI is InChI=1S/C23H29N3O3/c1-24(2)15-20-14-19-10-13-26(16-21(19)29-20)23(28)18-8-11-25(12-9-18)22(27)17-6-4-3-5-7-17/h3-7,14,18H,8-13,15-16H2,1-2H3. The normalized spacial score (nSPS) is 17.5. The highest BCUT2D eigenvalue weighted by atomic mass is 16.3. The van der Waals surface area contributed by atoms with Crippen LogP contribution in [0.5, 0.6) is 0 Å². The summed E-state index contributed by atoms with van der Waals surface area (Å²) < 4.78 is 5.99. The van der Waals surface area contributed by atoms with Crippen LogP contribution in [0.25, 0.3) is 0 Å². The minimum absolute atomic E-state index is 0.00687. The third kappa shape index (κ3) is 4.37. The lowest BCUT2D eigenvalue weighted by Gasteiger charge is -2.35. The quantitative estimate of drug-likeness (QED) is 0.799. The fourth-order valence-electron chi connectivity index (χ4n) is 4.31. The lowest BCUT2D eigenvalue weighted by Crippen LogP contribution is -2.45. The number of carbonyl (C=O) groups excluding carboxylic acids is 2. The Morgan fingerprint density at radius 1 is 1.07 bits per heavy atom. The first-order valence-electron chi connectivity index (χ1n) is 10.4. The van der Waals surface area contributed by atoms with Crippen LogP contribution in [0.2, 0.25) is 0 Å². The molecule has 0 N–H and O–H groups in total. The number of rotatable bonds is 4. The van der Waals surface area contributed by atoms with E-state index in [2.05, 4.69) is 11.0 Å². The summed E-state index contributed by atoms with van der Waals surface area (Å²) in [6.45, 7) is 3.35. The zero-order chi connectivity index (χ0) is 20.4. The number of benzene rings is 1. The highest BCUT2D eigenvalue weighted by Crippen LogP contribution is 2.27. The van der Waals surface area contributed by atoms with Gasteiger partial charge in [0.25, 0.3) is 5.91 Å². The van der Waals surface area contributed by atoms with Gasteiger partial charge in [0.15, 0.2) is 0 Å². The first-order chi connectivity index (χ1) is 14.0. The van der Waals surface area contributed by atoms with Crippen LogP contribution in [-0.2, 0) is 24.3 Å². The van der Waals surface area contributed by atoms with Gasteiger partial charge in [-0.2, -0.15) is 0 Å². The van der Waals surface area contributed by atoms with Crippen molar-refractivity contribution in [2.75, 3.05) is 33.7 Å². The molecule has 2 aromatic rings. The molecular weight excluding hydrogens is 366 g/mol. The van der Waals surface area contributed by atoms with Crippen LogP contribution in [0, 0.1) is 5.92 Å². The zero-order valence-electron chi connectivity index (χ0n) is 17.3. The zero-order valence-corrected chi connectivity index (χ0v) is 17.3. The molecule has 1 aromatic carbocycles. The molecule has 3 heterocycles. The van der Waals surface area contributed by atoms with E-state index in [0.717, 1.165) is 43.9 Å². The van der Waals surface area contributed by atoms with Crippen molar-refractivity contribution in [2.45, 2.75) is 32.4 Å². The number of furan rings is 1. The van der Waals surface area contributed by atoms with Gasteiger partial charge >= 0.3 is 0 Å². The third-order valence-corrected chi connectivity index (χ3v) is 5.87. The molecule has 4 rings (SSSR count). The van der Waals surface area contributed by atoms with Gasteiger partial charge < -0.3 is 19.1 Å². The number of likely N-dealkylation sites (tertiary alicyclic amines) is 1. The van der Waals surface area contributed by atoms with Crippen molar-refractivity contribution in [3.8, 4) is 0 Å². The first kappa shape index (κ1) is 19.7. The molecule has 0 bridgehead atoms. The van der Waals surface area contributed by atoms with Gasteiger partial charge in [0.2, 0.25) is 5.91 Å². The molecule has 0 atom stereocenters. The molecule has 0 spiro atoms. The molecule has 6 nitrogen and oxygen atoms in total. The van der Waals surface area contributed by atoms with Crippen molar-refractivity contribution in [2.24, 2.45) is 5.92 Å². The van der Waals surface area contributed by atoms with Crippen LogP contribution >= 0.6 is 0 Å². The van der Waals surface area contributed by atoms with E-state index in [-0.39, 0.29) is 17.7 Å². The Labute approximate surface area is 172 Å². The molecule has 1 saturated heterocycles. The summed E-state index contributed by atoms with van der Waals surface area (Å²) in [5.74, 6) is 2.14. The third-order valence-electron chi connectivity index (χ3n) is 5.87.